The second-order valence-electron chi connectivity index (χ2n) is 10.5. The first kappa shape index (κ1) is 33.9. The number of carbonyl (C=O) groups is 2. The number of nitrogens with zero attached hydrogens (tertiary/aromatic N) is 2. The van der Waals surface area contributed by atoms with Crippen LogP contribution in [0.5, 0.6) is 0 Å². The van der Waals surface area contributed by atoms with Crippen LogP contribution < -0.4 is 9.62 Å². The molecule has 43 heavy (non-hydrogen) atoms. The largest absolute Gasteiger partial charge is 0.416 e. The highest BCUT2D eigenvalue weighted by Crippen LogP contribution is 2.33. The number of hydrogen-bond acceptors (Lipinski definition) is 4. The molecule has 232 valence electrons. The number of hydrogen-bond donors (Lipinski definition) is 1. The summed E-state index contributed by atoms with van der Waals surface area (Å²) in [5, 5.41) is 3.15. The van der Waals surface area contributed by atoms with Gasteiger partial charge in [-0.3, -0.25) is 13.9 Å². The quantitative estimate of drug-likeness (QED) is 0.248. The Morgan fingerprint density at radius 3 is 2.21 bits per heavy atom. The van der Waals surface area contributed by atoms with Gasteiger partial charge in [-0.25, -0.2) is 8.42 Å². The van der Waals surface area contributed by atoms with Gasteiger partial charge in [0.2, 0.25) is 11.8 Å². The first-order chi connectivity index (χ1) is 20.1. The third-order valence-electron chi connectivity index (χ3n) is 6.72. The Morgan fingerprint density at radius 1 is 0.977 bits per heavy atom. The molecule has 12 heteroatoms. The average molecular weight is 638 g/mol. The molecule has 0 spiro atoms. The van der Waals surface area contributed by atoms with E-state index in [1.54, 1.807) is 50.2 Å². The molecule has 0 fully saturated rings. The molecule has 0 saturated heterocycles. The Kier molecular flexibility index (Phi) is 11.3. The van der Waals surface area contributed by atoms with Crippen molar-refractivity contribution in [1.29, 1.82) is 0 Å². The topological polar surface area (TPSA) is 86.8 Å². The zero-order valence-corrected chi connectivity index (χ0v) is 25.9. The first-order valence-corrected chi connectivity index (χ1v) is 15.5. The van der Waals surface area contributed by atoms with Gasteiger partial charge in [0.1, 0.15) is 12.6 Å². The zero-order chi connectivity index (χ0) is 31.9. The molecule has 0 heterocycles. The van der Waals surface area contributed by atoms with E-state index in [1.165, 1.54) is 23.1 Å². The van der Waals surface area contributed by atoms with Crippen LogP contribution in [-0.4, -0.2) is 44.3 Å². The fraction of sp³-hybridized carbons (Fsp3) is 0.355. The monoisotopic (exact) mass is 637 g/mol. The van der Waals surface area contributed by atoms with E-state index in [0.29, 0.717) is 27.5 Å². The van der Waals surface area contributed by atoms with Gasteiger partial charge in [-0.1, -0.05) is 74.3 Å². The maximum atomic E-state index is 14.1. The van der Waals surface area contributed by atoms with E-state index in [-0.39, 0.29) is 29.5 Å². The minimum Gasteiger partial charge on any atom is -0.354 e. The molecular formula is C31H35ClF3N3O4S. The average Bonchev–Trinajstić information content (AvgIpc) is 2.95. The molecule has 3 aromatic rings. The van der Waals surface area contributed by atoms with Gasteiger partial charge in [0.25, 0.3) is 10.0 Å². The van der Waals surface area contributed by atoms with Crippen LogP contribution in [-0.2, 0) is 32.3 Å². The van der Waals surface area contributed by atoms with E-state index in [9.17, 15) is 31.2 Å². The fourth-order valence-corrected chi connectivity index (χ4v) is 5.96. The summed E-state index contributed by atoms with van der Waals surface area (Å²) in [7, 11) is -4.53. The van der Waals surface area contributed by atoms with E-state index < -0.39 is 46.2 Å². The van der Waals surface area contributed by atoms with Gasteiger partial charge in [0.05, 0.1) is 16.1 Å². The van der Waals surface area contributed by atoms with Crippen LogP contribution in [0.2, 0.25) is 5.02 Å². The normalized spacial score (nSPS) is 12.6. The maximum Gasteiger partial charge on any atom is 0.416 e. The van der Waals surface area contributed by atoms with Crippen LogP contribution in [0.15, 0.2) is 77.7 Å². The van der Waals surface area contributed by atoms with Crippen LogP contribution in [0.1, 0.15) is 43.9 Å². The van der Waals surface area contributed by atoms with Gasteiger partial charge in [-0.2, -0.15) is 13.2 Å². The zero-order valence-electron chi connectivity index (χ0n) is 24.4. The molecule has 1 N–H and O–H groups in total. The highest BCUT2D eigenvalue weighted by Gasteiger charge is 2.36. The lowest BCUT2D eigenvalue weighted by atomic mass is 10.1. The number of sulfonamides is 1. The summed E-state index contributed by atoms with van der Waals surface area (Å²) in [6, 6.07) is 15.2. The number of anilines is 1. The fourth-order valence-electron chi connectivity index (χ4n) is 4.36. The Balaban J connectivity index is 2.12. The van der Waals surface area contributed by atoms with E-state index in [1.807, 2.05) is 13.8 Å². The van der Waals surface area contributed by atoms with Crippen LogP contribution in [0.4, 0.5) is 18.9 Å². The second kappa shape index (κ2) is 14.3. The van der Waals surface area contributed by atoms with Crippen molar-refractivity contribution in [2.45, 2.75) is 57.8 Å². The number of amides is 2. The van der Waals surface area contributed by atoms with Crippen molar-refractivity contribution in [3.05, 3.63) is 94.5 Å². The number of benzene rings is 3. The molecule has 1 atom stereocenters. The van der Waals surface area contributed by atoms with Crippen LogP contribution in [0.25, 0.3) is 0 Å². The lowest BCUT2D eigenvalue weighted by molar-refractivity contribution is -0.140. The van der Waals surface area contributed by atoms with E-state index in [0.717, 1.165) is 17.7 Å². The molecule has 0 saturated carbocycles. The van der Waals surface area contributed by atoms with Gasteiger partial charge < -0.3 is 10.2 Å². The number of rotatable bonds is 12. The lowest BCUT2D eigenvalue weighted by Crippen LogP contribution is -2.52. The molecule has 0 bridgehead atoms. The summed E-state index contributed by atoms with van der Waals surface area (Å²) in [6.07, 6.45) is -4.56. The molecule has 0 aliphatic rings. The number of nitrogens with one attached hydrogen (secondary N) is 1. The van der Waals surface area contributed by atoms with Crippen LogP contribution in [0, 0.1) is 12.8 Å². The lowest BCUT2D eigenvalue weighted by Gasteiger charge is -2.33. The number of aryl methyl sites for hydroxylation is 1. The van der Waals surface area contributed by atoms with Crippen molar-refractivity contribution in [3.63, 3.8) is 0 Å². The summed E-state index contributed by atoms with van der Waals surface area (Å²) >= 11 is 6.38. The molecule has 0 radical (unpaired) electrons. The Labute approximate surface area is 255 Å². The summed E-state index contributed by atoms with van der Waals surface area (Å²) in [5.74, 6) is -1.10. The number of carbonyl (C=O) groups excluding carboxylic acids is 2. The van der Waals surface area contributed by atoms with Gasteiger partial charge in [-0.05, 0) is 61.2 Å². The minimum absolute atomic E-state index is 0.130. The standard InChI is InChI=1S/C31H35ClF3N3O4S/c1-5-28(30(40)36-18-21(2)3)37(19-23-9-6-7-12-27(23)32)29(39)20-38(25-11-8-10-24(17-25)31(33,34)35)43(41,42)26-15-13-22(4)14-16-26/h6-17,21,28H,5,18-20H2,1-4H3,(H,36,40). The maximum absolute atomic E-state index is 14.1. The van der Waals surface area contributed by atoms with Crippen LogP contribution in [0.3, 0.4) is 0 Å². The number of halogens is 4. The highest BCUT2D eigenvalue weighted by atomic mass is 35.5. The first-order valence-electron chi connectivity index (χ1n) is 13.7. The van der Waals surface area contributed by atoms with E-state index >= 15 is 0 Å². The van der Waals surface area contributed by atoms with Crippen LogP contribution >= 0.6 is 11.6 Å². The van der Waals surface area contributed by atoms with Gasteiger partial charge in [-0.15, -0.1) is 0 Å². The van der Waals surface area contributed by atoms with Crippen molar-refractivity contribution < 1.29 is 31.2 Å². The molecule has 3 aromatic carbocycles. The van der Waals surface area contributed by atoms with Crippen molar-refractivity contribution in [3.8, 4) is 0 Å². The molecule has 1 unspecified atom stereocenters. The molecule has 2 amide bonds. The van der Waals surface area contributed by atoms with Crippen molar-refractivity contribution in [2.75, 3.05) is 17.4 Å². The molecule has 0 aliphatic carbocycles. The second-order valence-corrected chi connectivity index (χ2v) is 12.8. The highest BCUT2D eigenvalue weighted by molar-refractivity contribution is 7.92. The van der Waals surface area contributed by atoms with Crippen molar-refractivity contribution in [2.24, 2.45) is 5.92 Å². The number of alkyl halides is 3. The molecule has 7 nitrogen and oxygen atoms in total. The van der Waals surface area contributed by atoms with Gasteiger partial charge in [0, 0.05) is 18.1 Å². The predicted octanol–water partition coefficient (Wildman–Crippen LogP) is 6.44. The molecule has 0 aromatic heterocycles. The summed E-state index contributed by atoms with van der Waals surface area (Å²) in [6.45, 7) is 6.64. The van der Waals surface area contributed by atoms with Gasteiger partial charge >= 0.3 is 6.18 Å². The van der Waals surface area contributed by atoms with E-state index in [2.05, 4.69) is 5.32 Å². The molecule has 0 aliphatic heterocycles. The summed E-state index contributed by atoms with van der Waals surface area (Å²) in [4.78, 5) is 28.4. The third-order valence-corrected chi connectivity index (χ3v) is 8.88. The smallest absolute Gasteiger partial charge is 0.354 e. The molecule has 3 rings (SSSR count). The van der Waals surface area contributed by atoms with Gasteiger partial charge in [0.15, 0.2) is 0 Å². The Morgan fingerprint density at radius 2 is 1.63 bits per heavy atom. The molecular weight excluding hydrogens is 603 g/mol. The Bertz CT molecular complexity index is 1530. The van der Waals surface area contributed by atoms with Crippen molar-refractivity contribution in [1.82, 2.24) is 10.2 Å². The summed E-state index contributed by atoms with van der Waals surface area (Å²) < 4.78 is 69.4. The minimum atomic E-state index is -4.75. The predicted molar refractivity (Wildman–Crippen MR) is 161 cm³/mol. The third kappa shape index (κ3) is 8.73. The van der Waals surface area contributed by atoms with E-state index in [4.69, 9.17) is 11.6 Å². The SMILES string of the molecule is CCC(C(=O)NCC(C)C)N(Cc1ccccc1Cl)C(=O)CN(c1cccc(C(F)(F)F)c1)S(=O)(=O)c1ccc(C)cc1. The van der Waals surface area contributed by atoms with Crippen molar-refractivity contribution >= 4 is 39.1 Å². The summed E-state index contributed by atoms with van der Waals surface area (Å²) in [5.41, 5.74) is -0.142. The Hall–Kier alpha value is -3.57.